The fourth-order valence-corrected chi connectivity index (χ4v) is 2.71. The van der Waals surface area contributed by atoms with Gasteiger partial charge in [0, 0.05) is 23.7 Å². The molecule has 0 unspecified atom stereocenters. The fraction of sp³-hybridized carbons (Fsp3) is 0.111. The molecule has 27 heavy (non-hydrogen) atoms. The molecule has 136 valence electrons. The van der Waals surface area contributed by atoms with Crippen LogP contribution in [0.1, 0.15) is 22.6 Å². The fourth-order valence-electron chi connectivity index (χ4n) is 2.71. The normalized spacial score (nSPS) is 11.3. The van der Waals surface area contributed by atoms with Gasteiger partial charge in [-0.15, -0.1) is 0 Å². The number of carbonyl (C=O) groups excluding carboxylic acids is 1. The Morgan fingerprint density at radius 2 is 1.96 bits per heavy atom. The number of hydrogen-bond donors (Lipinski definition) is 2. The van der Waals surface area contributed by atoms with E-state index in [0.29, 0.717) is 11.5 Å². The molecule has 0 aliphatic rings. The van der Waals surface area contributed by atoms with Gasteiger partial charge in [-0.1, -0.05) is 24.3 Å². The van der Waals surface area contributed by atoms with Gasteiger partial charge in [0.2, 0.25) is 5.82 Å². The van der Waals surface area contributed by atoms with Crippen LogP contribution in [0, 0.1) is 0 Å². The van der Waals surface area contributed by atoms with Gasteiger partial charge in [0.15, 0.2) is 0 Å². The summed E-state index contributed by atoms with van der Waals surface area (Å²) in [5, 5.41) is 7.36. The van der Waals surface area contributed by atoms with Crippen LogP contribution in [0.4, 0.5) is 14.6 Å². The highest BCUT2D eigenvalue weighted by molar-refractivity contribution is 6.01. The molecule has 3 aromatic heterocycles. The molecular formula is C18H14F2N6O. The highest BCUT2D eigenvalue weighted by Crippen LogP contribution is 2.26. The predicted molar refractivity (Wildman–Crippen MR) is 95.4 cm³/mol. The first-order chi connectivity index (χ1) is 13.0. The lowest BCUT2D eigenvalue weighted by Crippen LogP contribution is -2.18. The van der Waals surface area contributed by atoms with Gasteiger partial charge in [-0.3, -0.25) is 4.79 Å². The van der Waals surface area contributed by atoms with E-state index >= 15 is 0 Å². The molecule has 2 N–H and O–H groups in total. The molecule has 0 saturated carbocycles. The molecule has 0 atom stereocenters. The van der Waals surface area contributed by atoms with E-state index in [1.807, 2.05) is 12.1 Å². The average Bonchev–Trinajstić information content (AvgIpc) is 3.27. The Labute approximate surface area is 152 Å². The molecular weight excluding hydrogens is 354 g/mol. The lowest BCUT2D eigenvalue weighted by atomic mass is 10.1. The summed E-state index contributed by atoms with van der Waals surface area (Å²) in [7, 11) is 1.62. The molecule has 0 saturated heterocycles. The number of aryl methyl sites for hydroxylation is 1. The summed E-state index contributed by atoms with van der Waals surface area (Å²) >= 11 is 0. The predicted octanol–water partition coefficient (Wildman–Crippen LogP) is 3.55. The van der Waals surface area contributed by atoms with Crippen LogP contribution in [0.15, 0.2) is 48.8 Å². The zero-order valence-corrected chi connectivity index (χ0v) is 14.1. The molecule has 0 fully saturated rings. The second kappa shape index (κ2) is 6.60. The smallest absolute Gasteiger partial charge is 0.294 e. The summed E-state index contributed by atoms with van der Waals surface area (Å²) in [4.78, 5) is 23.6. The highest BCUT2D eigenvalue weighted by Gasteiger charge is 2.14. The number of amides is 1. The first-order valence-electron chi connectivity index (χ1n) is 8.05. The first-order valence-corrected chi connectivity index (χ1v) is 8.05. The van der Waals surface area contributed by atoms with Gasteiger partial charge in [-0.2, -0.15) is 5.10 Å². The van der Waals surface area contributed by atoms with E-state index in [4.69, 9.17) is 0 Å². The maximum absolute atomic E-state index is 12.7. The van der Waals surface area contributed by atoms with Crippen LogP contribution < -0.4 is 5.32 Å². The Morgan fingerprint density at radius 3 is 2.63 bits per heavy atom. The molecule has 0 radical (unpaired) electrons. The Morgan fingerprint density at radius 1 is 1.19 bits per heavy atom. The molecule has 4 rings (SSSR count). The van der Waals surface area contributed by atoms with Crippen molar-refractivity contribution in [1.29, 1.82) is 0 Å². The standard InChI is InChI=1S/C18H14F2N6O/c1-26-17(21-9-22-26)18(27)25-14-7-6-12-8-13(23-16(12)24-14)10-2-4-11(5-3-10)15(19)20/h2-9,15H,1H3,(H2,23,24,25,27). The molecule has 4 aromatic rings. The summed E-state index contributed by atoms with van der Waals surface area (Å²) in [6.07, 6.45) is -1.20. The monoisotopic (exact) mass is 368 g/mol. The summed E-state index contributed by atoms with van der Waals surface area (Å²) in [6.45, 7) is 0. The number of rotatable bonds is 4. The average molecular weight is 368 g/mol. The van der Waals surface area contributed by atoms with Gasteiger partial charge in [-0.25, -0.2) is 23.4 Å². The number of aromatic nitrogens is 5. The van der Waals surface area contributed by atoms with Crippen LogP contribution in [0.25, 0.3) is 22.3 Å². The highest BCUT2D eigenvalue weighted by atomic mass is 19.3. The third-order valence-corrected chi connectivity index (χ3v) is 4.11. The lowest BCUT2D eigenvalue weighted by molar-refractivity contribution is 0.101. The van der Waals surface area contributed by atoms with Gasteiger partial charge >= 0.3 is 0 Å². The quantitative estimate of drug-likeness (QED) is 0.577. The van der Waals surface area contributed by atoms with Crippen LogP contribution in [-0.2, 0) is 7.05 Å². The van der Waals surface area contributed by atoms with Crippen LogP contribution in [0.2, 0.25) is 0 Å². The van der Waals surface area contributed by atoms with Gasteiger partial charge in [0.1, 0.15) is 17.8 Å². The van der Waals surface area contributed by atoms with E-state index in [1.165, 1.54) is 23.1 Å². The van der Waals surface area contributed by atoms with Crippen molar-refractivity contribution in [2.75, 3.05) is 5.32 Å². The second-order valence-electron chi connectivity index (χ2n) is 5.90. The molecule has 0 aliphatic heterocycles. The second-order valence-corrected chi connectivity index (χ2v) is 5.90. The Hall–Kier alpha value is -3.62. The summed E-state index contributed by atoms with van der Waals surface area (Å²) in [5.74, 6) is 0.108. The minimum absolute atomic E-state index is 0.0261. The van der Waals surface area contributed by atoms with Crippen molar-refractivity contribution in [3.05, 3.63) is 60.2 Å². The maximum atomic E-state index is 12.7. The number of carbonyl (C=O) groups is 1. The molecule has 0 bridgehead atoms. The van der Waals surface area contributed by atoms with Crippen LogP contribution in [-0.4, -0.2) is 30.6 Å². The van der Waals surface area contributed by atoms with Crippen molar-refractivity contribution in [2.24, 2.45) is 7.05 Å². The molecule has 9 heteroatoms. The summed E-state index contributed by atoms with van der Waals surface area (Å²) in [5.41, 5.74) is 2.05. The van der Waals surface area contributed by atoms with Gasteiger partial charge in [-0.05, 0) is 23.8 Å². The van der Waals surface area contributed by atoms with Crippen molar-refractivity contribution in [3.63, 3.8) is 0 Å². The van der Waals surface area contributed by atoms with Crippen molar-refractivity contribution >= 4 is 22.8 Å². The van der Waals surface area contributed by atoms with E-state index < -0.39 is 12.3 Å². The zero-order chi connectivity index (χ0) is 19.0. The number of halogens is 2. The van der Waals surface area contributed by atoms with Crippen molar-refractivity contribution in [1.82, 2.24) is 24.7 Å². The number of hydrogen-bond acceptors (Lipinski definition) is 4. The van der Waals surface area contributed by atoms with Crippen molar-refractivity contribution in [3.8, 4) is 11.3 Å². The molecule has 7 nitrogen and oxygen atoms in total. The van der Waals surface area contributed by atoms with Gasteiger partial charge < -0.3 is 10.3 Å². The number of anilines is 1. The minimum Gasteiger partial charge on any atom is -0.339 e. The summed E-state index contributed by atoms with van der Waals surface area (Å²) in [6, 6.07) is 11.4. The molecule has 3 heterocycles. The van der Waals surface area contributed by atoms with Crippen molar-refractivity contribution in [2.45, 2.75) is 6.43 Å². The molecule has 0 aliphatic carbocycles. The SMILES string of the molecule is Cn1ncnc1C(=O)Nc1ccc2cc(-c3ccc(C(F)F)cc3)[nH]c2n1. The molecule has 0 spiro atoms. The zero-order valence-electron chi connectivity index (χ0n) is 14.1. The van der Waals surface area contributed by atoms with E-state index in [9.17, 15) is 13.6 Å². The number of fused-ring (bicyclic) bond motifs is 1. The minimum atomic E-state index is -2.50. The molecule has 1 aromatic carbocycles. The van der Waals surface area contributed by atoms with Gasteiger partial charge in [0.25, 0.3) is 12.3 Å². The van der Waals surface area contributed by atoms with Crippen LogP contribution in [0.3, 0.4) is 0 Å². The van der Waals surface area contributed by atoms with E-state index in [-0.39, 0.29) is 11.4 Å². The number of nitrogens with zero attached hydrogens (tertiary/aromatic N) is 4. The lowest BCUT2D eigenvalue weighted by Gasteiger charge is -2.03. The Balaban J connectivity index is 1.60. The number of H-pyrrole nitrogens is 1. The number of alkyl halides is 2. The van der Waals surface area contributed by atoms with E-state index in [1.54, 1.807) is 25.2 Å². The number of pyridine rings is 1. The topological polar surface area (TPSA) is 88.5 Å². The van der Waals surface area contributed by atoms with E-state index in [2.05, 4.69) is 25.4 Å². The van der Waals surface area contributed by atoms with Gasteiger partial charge in [0.05, 0.1) is 0 Å². The Bertz CT molecular complexity index is 1120. The van der Waals surface area contributed by atoms with Crippen LogP contribution in [0.5, 0.6) is 0 Å². The van der Waals surface area contributed by atoms with E-state index in [0.717, 1.165) is 16.6 Å². The Kier molecular flexibility index (Phi) is 4.11. The number of aromatic amines is 1. The third kappa shape index (κ3) is 3.26. The first kappa shape index (κ1) is 16.8. The number of nitrogens with one attached hydrogen (secondary N) is 2. The van der Waals surface area contributed by atoms with Crippen LogP contribution >= 0.6 is 0 Å². The summed E-state index contributed by atoms with van der Waals surface area (Å²) < 4.78 is 26.7. The number of benzene rings is 1. The third-order valence-electron chi connectivity index (χ3n) is 4.11. The molecule has 1 amide bonds. The van der Waals surface area contributed by atoms with Crippen molar-refractivity contribution < 1.29 is 13.6 Å². The largest absolute Gasteiger partial charge is 0.339 e. The maximum Gasteiger partial charge on any atom is 0.294 e.